The summed E-state index contributed by atoms with van der Waals surface area (Å²) >= 11 is 1.08. The first-order valence-corrected chi connectivity index (χ1v) is 9.25. The molecule has 9 heteroatoms. The smallest absolute Gasteiger partial charge is 0.349 e. The molecule has 1 aromatic carbocycles. The fourth-order valence-electron chi connectivity index (χ4n) is 2.68. The van der Waals surface area contributed by atoms with Crippen molar-refractivity contribution in [1.82, 2.24) is 10.6 Å². The number of halogens is 1. The van der Waals surface area contributed by atoms with Crippen molar-refractivity contribution in [3.8, 4) is 0 Å². The predicted octanol–water partition coefficient (Wildman–Crippen LogP) is 2.34. The maximum atomic E-state index is 12.8. The molecule has 0 unspecified atom stereocenters. The van der Waals surface area contributed by atoms with Gasteiger partial charge in [-0.05, 0) is 36.6 Å². The summed E-state index contributed by atoms with van der Waals surface area (Å²) in [7, 11) is 0. The van der Waals surface area contributed by atoms with E-state index in [1.54, 1.807) is 19.1 Å². The zero-order valence-electron chi connectivity index (χ0n) is 15.1. The molecule has 2 heterocycles. The molecule has 0 saturated heterocycles. The van der Waals surface area contributed by atoms with E-state index < -0.39 is 18.5 Å². The van der Waals surface area contributed by atoms with Gasteiger partial charge in [-0.3, -0.25) is 9.59 Å². The lowest BCUT2D eigenvalue weighted by Gasteiger charge is -2.16. The fourth-order valence-corrected chi connectivity index (χ4v) is 3.81. The Hall–Kier alpha value is -3.20. The number of hydrogen-bond donors (Lipinski definition) is 3. The lowest BCUT2D eigenvalue weighted by molar-refractivity contribution is -0.124. The first-order chi connectivity index (χ1) is 13.3. The maximum absolute atomic E-state index is 12.8. The molecule has 0 aliphatic carbocycles. The van der Waals surface area contributed by atoms with Crippen LogP contribution in [0.4, 0.5) is 9.39 Å². The number of carbonyl (C=O) groups excluding carboxylic acids is 3. The van der Waals surface area contributed by atoms with Crippen molar-refractivity contribution in [3.63, 3.8) is 0 Å². The van der Waals surface area contributed by atoms with E-state index in [0.29, 0.717) is 34.9 Å². The standard InChI is InChI=1S/C19H18FN3O4S/c1-10-15-17(25)22-11(2)23-18(15)28-16(10)19(26)27-9-14(24)21-8-7-12-3-5-13(20)6-4-12/h3-6,23H,2,7-9H2,1H3,(H,21,24)(H,22,25). The Morgan fingerprint density at radius 3 is 2.68 bits per heavy atom. The Bertz CT molecular complexity index is 953. The molecule has 146 valence electrons. The maximum Gasteiger partial charge on any atom is 0.349 e. The van der Waals surface area contributed by atoms with Crippen LogP contribution in [0, 0.1) is 12.7 Å². The summed E-state index contributed by atoms with van der Waals surface area (Å²) in [6.45, 7) is 5.18. The third-order valence-electron chi connectivity index (χ3n) is 4.07. The molecule has 3 N–H and O–H groups in total. The van der Waals surface area contributed by atoms with E-state index in [1.165, 1.54) is 12.1 Å². The van der Waals surface area contributed by atoms with Crippen molar-refractivity contribution >= 4 is 34.1 Å². The van der Waals surface area contributed by atoms with Gasteiger partial charge in [0.05, 0.1) is 5.56 Å². The molecule has 1 aliphatic heterocycles. The third-order valence-corrected chi connectivity index (χ3v) is 5.26. The summed E-state index contributed by atoms with van der Waals surface area (Å²) < 4.78 is 17.9. The average molecular weight is 403 g/mol. The minimum atomic E-state index is -0.675. The highest BCUT2D eigenvalue weighted by molar-refractivity contribution is 7.18. The van der Waals surface area contributed by atoms with E-state index in [4.69, 9.17) is 4.74 Å². The van der Waals surface area contributed by atoms with E-state index in [-0.39, 0.29) is 16.6 Å². The molecule has 2 aromatic rings. The van der Waals surface area contributed by atoms with E-state index in [1.807, 2.05) is 0 Å². The highest BCUT2D eigenvalue weighted by Crippen LogP contribution is 2.36. The summed E-state index contributed by atoms with van der Waals surface area (Å²) in [6.07, 6.45) is 0.529. The Labute approximate surface area is 164 Å². The van der Waals surface area contributed by atoms with E-state index >= 15 is 0 Å². The molecule has 0 bridgehead atoms. The molecule has 0 fully saturated rings. The quantitative estimate of drug-likeness (QED) is 0.644. The zero-order chi connectivity index (χ0) is 20.3. The van der Waals surface area contributed by atoms with Gasteiger partial charge in [-0.25, -0.2) is 9.18 Å². The second kappa shape index (κ2) is 8.22. The molecule has 0 saturated carbocycles. The van der Waals surface area contributed by atoms with E-state index in [0.717, 1.165) is 16.9 Å². The van der Waals surface area contributed by atoms with E-state index in [2.05, 4.69) is 22.5 Å². The van der Waals surface area contributed by atoms with Gasteiger partial charge in [-0.15, -0.1) is 11.3 Å². The third kappa shape index (κ3) is 4.37. The van der Waals surface area contributed by atoms with Gasteiger partial charge in [0.15, 0.2) is 6.61 Å². The number of hydrogen-bond acceptors (Lipinski definition) is 6. The van der Waals surface area contributed by atoms with Crippen LogP contribution in [0.3, 0.4) is 0 Å². The largest absolute Gasteiger partial charge is 0.451 e. The van der Waals surface area contributed by atoms with Crippen LogP contribution in [0.5, 0.6) is 0 Å². The van der Waals surface area contributed by atoms with Crippen LogP contribution in [0.25, 0.3) is 0 Å². The number of anilines is 1. The number of nitrogens with one attached hydrogen (secondary N) is 3. The molecular formula is C19H18FN3O4S. The van der Waals surface area contributed by atoms with Gasteiger partial charge in [0.1, 0.15) is 21.5 Å². The Balaban J connectivity index is 1.51. The minimum absolute atomic E-state index is 0.251. The molecule has 28 heavy (non-hydrogen) atoms. The molecule has 2 amide bonds. The van der Waals surface area contributed by atoms with Gasteiger partial charge >= 0.3 is 5.97 Å². The van der Waals surface area contributed by atoms with Crippen molar-refractivity contribution in [2.45, 2.75) is 13.3 Å². The molecule has 0 radical (unpaired) electrons. The molecule has 3 rings (SSSR count). The van der Waals surface area contributed by atoms with Gasteiger partial charge in [0.2, 0.25) is 0 Å². The lowest BCUT2D eigenvalue weighted by Crippen LogP contribution is -2.31. The number of benzene rings is 1. The predicted molar refractivity (Wildman–Crippen MR) is 103 cm³/mol. The van der Waals surface area contributed by atoms with Crippen LogP contribution in [-0.2, 0) is 16.0 Å². The second-order valence-electron chi connectivity index (χ2n) is 6.12. The molecule has 1 aromatic heterocycles. The summed E-state index contributed by atoms with van der Waals surface area (Å²) in [5.74, 6) is -1.45. The summed E-state index contributed by atoms with van der Waals surface area (Å²) in [5, 5.41) is 8.59. The SMILES string of the molecule is C=C1NC(=O)c2c(sc(C(=O)OCC(=O)NCCc3ccc(F)cc3)c2C)N1. The Morgan fingerprint density at radius 1 is 1.25 bits per heavy atom. The number of esters is 1. The topological polar surface area (TPSA) is 96.5 Å². The van der Waals surface area contributed by atoms with Gasteiger partial charge in [-0.2, -0.15) is 0 Å². The Kier molecular flexibility index (Phi) is 5.74. The van der Waals surface area contributed by atoms with Crippen molar-refractivity contribution in [2.24, 2.45) is 0 Å². The van der Waals surface area contributed by atoms with Gasteiger partial charge in [-0.1, -0.05) is 18.7 Å². The van der Waals surface area contributed by atoms with Crippen molar-refractivity contribution < 1.29 is 23.5 Å². The number of carbonyl (C=O) groups is 3. The van der Waals surface area contributed by atoms with Crippen molar-refractivity contribution in [2.75, 3.05) is 18.5 Å². The second-order valence-corrected chi connectivity index (χ2v) is 7.14. The molecule has 7 nitrogen and oxygen atoms in total. The van der Waals surface area contributed by atoms with Crippen LogP contribution in [0.15, 0.2) is 36.7 Å². The minimum Gasteiger partial charge on any atom is -0.451 e. The molecule has 0 atom stereocenters. The normalized spacial score (nSPS) is 12.6. The van der Waals surface area contributed by atoms with E-state index in [9.17, 15) is 18.8 Å². The van der Waals surface area contributed by atoms with Crippen molar-refractivity contribution in [1.29, 1.82) is 0 Å². The number of thiophene rings is 1. The van der Waals surface area contributed by atoms with Gasteiger partial charge in [0.25, 0.3) is 11.8 Å². The van der Waals surface area contributed by atoms with Gasteiger partial charge in [0, 0.05) is 6.54 Å². The summed E-state index contributed by atoms with van der Waals surface area (Å²) in [4.78, 5) is 36.4. The van der Waals surface area contributed by atoms with Crippen molar-refractivity contribution in [3.05, 3.63) is 64.1 Å². The molecular weight excluding hydrogens is 385 g/mol. The highest BCUT2D eigenvalue weighted by atomic mass is 32.1. The average Bonchev–Trinajstić information content (AvgIpc) is 2.98. The molecule has 0 spiro atoms. The number of fused-ring (bicyclic) bond motifs is 1. The monoisotopic (exact) mass is 403 g/mol. The number of rotatable bonds is 6. The first-order valence-electron chi connectivity index (χ1n) is 8.44. The van der Waals surface area contributed by atoms with Crippen LogP contribution < -0.4 is 16.0 Å². The first kappa shape index (κ1) is 19.6. The molecule has 1 aliphatic rings. The summed E-state index contributed by atoms with van der Waals surface area (Å²) in [6, 6.07) is 5.99. The van der Waals surface area contributed by atoms with Crippen LogP contribution >= 0.6 is 11.3 Å². The number of amides is 2. The van der Waals surface area contributed by atoms with Crippen LogP contribution in [-0.4, -0.2) is 30.9 Å². The fraction of sp³-hybridized carbons (Fsp3) is 0.211. The number of ether oxygens (including phenoxy) is 1. The highest BCUT2D eigenvalue weighted by Gasteiger charge is 2.29. The lowest BCUT2D eigenvalue weighted by atomic mass is 10.1. The summed E-state index contributed by atoms with van der Waals surface area (Å²) in [5.41, 5.74) is 1.73. The van der Waals surface area contributed by atoms with Crippen LogP contribution in [0.2, 0.25) is 0 Å². The van der Waals surface area contributed by atoms with Crippen LogP contribution in [0.1, 0.15) is 31.2 Å². The zero-order valence-corrected chi connectivity index (χ0v) is 15.9. The Morgan fingerprint density at radius 2 is 1.96 bits per heavy atom. The van der Waals surface area contributed by atoms with Gasteiger partial charge < -0.3 is 20.7 Å².